The molecule has 5 heteroatoms. The first kappa shape index (κ1) is 13.3. The lowest BCUT2D eigenvalue weighted by Crippen LogP contribution is -2.10. The molecule has 5 nitrogen and oxygen atoms in total. The third-order valence-corrected chi connectivity index (χ3v) is 2.75. The van der Waals surface area contributed by atoms with Crippen molar-refractivity contribution in [1.29, 1.82) is 0 Å². The van der Waals surface area contributed by atoms with E-state index in [1.807, 2.05) is 35.0 Å². The second-order valence-electron chi connectivity index (χ2n) is 4.57. The van der Waals surface area contributed by atoms with Gasteiger partial charge in [0, 0.05) is 18.2 Å². The molecule has 0 fully saturated rings. The van der Waals surface area contributed by atoms with E-state index in [0.29, 0.717) is 12.4 Å². The highest BCUT2D eigenvalue weighted by molar-refractivity contribution is 5.33. The largest absolute Gasteiger partial charge is 0.497 e. The van der Waals surface area contributed by atoms with Crippen molar-refractivity contribution in [2.75, 3.05) is 12.8 Å². The minimum atomic E-state index is 0.251. The standard InChI is InChI=1S/C14H19N3O2/c1-10(2)17-11(7-14(15)16-17)9-19-13-6-4-5-12(8-13)18-3/h4-8,10H,9H2,1-3H3,(H2,15,16). The van der Waals surface area contributed by atoms with Crippen LogP contribution < -0.4 is 15.2 Å². The quantitative estimate of drug-likeness (QED) is 0.898. The normalized spacial score (nSPS) is 10.7. The van der Waals surface area contributed by atoms with E-state index in [-0.39, 0.29) is 6.04 Å². The number of aromatic nitrogens is 2. The lowest BCUT2D eigenvalue weighted by molar-refractivity contribution is 0.286. The van der Waals surface area contributed by atoms with Gasteiger partial charge in [-0.3, -0.25) is 4.68 Å². The third-order valence-electron chi connectivity index (χ3n) is 2.75. The highest BCUT2D eigenvalue weighted by Gasteiger charge is 2.09. The predicted molar refractivity (Wildman–Crippen MR) is 74.4 cm³/mol. The van der Waals surface area contributed by atoms with Gasteiger partial charge in [-0.15, -0.1) is 0 Å². The van der Waals surface area contributed by atoms with E-state index in [0.717, 1.165) is 17.2 Å². The second kappa shape index (κ2) is 5.65. The summed E-state index contributed by atoms with van der Waals surface area (Å²) >= 11 is 0. The molecule has 0 aliphatic heterocycles. The van der Waals surface area contributed by atoms with Gasteiger partial charge in [0.2, 0.25) is 0 Å². The van der Waals surface area contributed by atoms with E-state index in [4.69, 9.17) is 15.2 Å². The molecule has 0 amide bonds. The summed E-state index contributed by atoms with van der Waals surface area (Å²) in [5.41, 5.74) is 6.68. The minimum Gasteiger partial charge on any atom is -0.497 e. The zero-order valence-electron chi connectivity index (χ0n) is 11.5. The van der Waals surface area contributed by atoms with E-state index in [9.17, 15) is 0 Å². The smallest absolute Gasteiger partial charge is 0.145 e. The molecule has 0 aliphatic carbocycles. The third kappa shape index (κ3) is 3.19. The fourth-order valence-electron chi connectivity index (χ4n) is 1.86. The lowest BCUT2D eigenvalue weighted by Gasteiger charge is -2.12. The summed E-state index contributed by atoms with van der Waals surface area (Å²) < 4.78 is 12.8. The van der Waals surface area contributed by atoms with E-state index < -0.39 is 0 Å². The fraction of sp³-hybridized carbons (Fsp3) is 0.357. The topological polar surface area (TPSA) is 62.3 Å². The zero-order valence-corrected chi connectivity index (χ0v) is 11.5. The number of nitrogens with two attached hydrogens (primary N) is 1. The van der Waals surface area contributed by atoms with Crippen molar-refractivity contribution in [1.82, 2.24) is 9.78 Å². The SMILES string of the molecule is COc1cccc(OCc2cc(N)nn2C(C)C)c1. The number of rotatable bonds is 5. The maximum Gasteiger partial charge on any atom is 0.145 e. The number of ether oxygens (including phenoxy) is 2. The second-order valence-corrected chi connectivity index (χ2v) is 4.57. The number of anilines is 1. The molecule has 0 bridgehead atoms. The van der Waals surface area contributed by atoms with Gasteiger partial charge in [0.1, 0.15) is 23.9 Å². The Balaban J connectivity index is 2.09. The number of methoxy groups -OCH3 is 1. The molecule has 1 heterocycles. The van der Waals surface area contributed by atoms with Gasteiger partial charge in [-0.2, -0.15) is 5.10 Å². The van der Waals surface area contributed by atoms with Crippen LogP contribution >= 0.6 is 0 Å². The van der Waals surface area contributed by atoms with Crippen LogP contribution in [0.1, 0.15) is 25.6 Å². The van der Waals surface area contributed by atoms with Crippen LogP contribution in [0.25, 0.3) is 0 Å². The molecule has 0 saturated carbocycles. The molecule has 102 valence electrons. The first-order chi connectivity index (χ1) is 9.10. The molecular weight excluding hydrogens is 242 g/mol. The average Bonchev–Trinajstić information content (AvgIpc) is 2.78. The molecule has 1 aromatic carbocycles. The Kier molecular flexibility index (Phi) is 3.94. The van der Waals surface area contributed by atoms with Crippen LogP contribution in [0.2, 0.25) is 0 Å². The molecule has 0 saturated heterocycles. The molecule has 2 rings (SSSR count). The van der Waals surface area contributed by atoms with Crippen LogP contribution in [-0.2, 0) is 6.61 Å². The Hall–Kier alpha value is -2.17. The van der Waals surface area contributed by atoms with Crippen molar-refractivity contribution in [3.8, 4) is 11.5 Å². The number of nitrogen functional groups attached to an aromatic ring is 1. The van der Waals surface area contributed by atoms with Crippen molar-refractivity contribution in [3.05, 3.63) is 36.0 Å². The van der Waals surface area contributed by atoms with E-state index in [2.05, 4.69) is 18.9 Å². The number of hydrogen-bond acceptors (Lipinski definition) is 4. The number of nitrogens with zero attached hydrogens (tertiary/aromatic N) is 2. The summed E-state index contributed by atoms with van der Waals surface area (Å²) in [4.78, 5) is 0. The van der Waals surface area contributed by atoms with Gasteiger partial charge in [0.15, 0.2) is 0 Å². The fourth-order valence-corrected chi connectivity index (χ4v) is 1.86. The van der Waals surface area contributed by atoms with Crippen molar-refractivity contribution in [2.24, 2.45) is 0 Å². The van der Waals surface area contributed by atoms with Crippen LogP contribution in [0.5, 0.6) is 11.5 Å². The van der Waals surface area contributed by atoms with Crippen molar-refractivity contribution < 1.29 is 9.47 Å². The van der Waals surface area contributed by atoms with Gasteiger partial charge in [-0.1, -0.05) is 6.07 Å². The van der Waals surface area contributed by atoms with Gasteiger partial charge in [0.05, 0.1) is 12.8 Å². The molecule has 0 aliphatic rings. The van der Waals surface area contributed by atoms with E-state index in [1.54, 1.807) is 7.11 Å². The summed E-state index contributed by atoms with van der Waals surface area (Å²) in [6, 6.07) is 9.59. The average molecular weight is 261 g/mol. The molecule has 1 aromatic heterocycles. The maximum atomic E-state index is 5.74. The van der Waals surface area contributed by atoms with Gasteiger partial charge in [-0.05, 0) is 26.0 Å². The molecule has 2 aromatic rings. The van der Waals surface area contributed by atoms with Crippen LogP contribution in [0.3, 0.4) is 0 Å². The Morgan fingerprint density at radius 2 is 2.00 bits per heavy atom. The summed E-state index contributed by atoms with van der Waals surface area (Å²) in [6.07, 6.45) is 0. The maximum absolute atomic E-state index is 5.74. The number of benzene rings is 1. The monoisotopic (exact) mass is 261 g/mol. The van der Waals surface area contributed by atoms with Gasteiger partial charge in [0.25, 0.3) is 0 Å². The highest BCUT2D eigenvalue weighted by atomic mass is 16.5. The number of hydrogen-bond donors (Lipinski definition) is 1. The van der Waals surface area contributed by atoms with E-state index in [1.165, 1.54) is 0 Å². The van der Waals surface area contributed by atoms with E-state index >= 15 is 0 Å². The van der Waals surface area contributed by atoms with Crippen molar-refractivity contribution in [3.63, 3.8) is 0 Å². The minimum absolute atomic E-state index is 0.251. The van der Waals surface area contributed by atoms with Gasteiger partial charge >= 0.3 is 0 Å². The van der Waals surface area contributed by atoms with Gasteiger partial charge in [-0.25, -0.2) is 0 Å². The Morgan fingerprint density at radius 1 is 1.26 bits per heavy atom. The zero-order chi connectivity index (χ0) is 13.8. The predicted octanol–water partition coefficient (Wildman–Crippen LogP) is 2.63. The summed E-state index contributed by atoms with van der Waals surface area (Å²) in [5, 5.41) is 4.25. The van der Waals surface area contributed by atoms with Crippen LogP contribution in [0.15, 0.2) is 30.3 Å². The van der Waals surface area contributed by atoms with Gasteiger partial charge < -0.3 is 15.2 Å². The highest BCUT2D eigenvalue weighted by Crippen LogP contribution is 2.21. The first-order valence-electron chi connectivity index (χ1n) is 6.21. The molecule has 0 spiro atoms. The molecular formula is C14H19N3O2. The van der Waals surface area contributed by atoms with Crippen LogP contribution in [0.4, 0.5) is 5.82 Å². The van der Waals surface area contributed by atoms with Crippen molar-refractivity contribution in [2.45, 2.75) is 26.5 Å². The molecule has 2 N–H and O–H groups in total. The molecule has 0 unspecified atom stereocenters. The molecule has 0 radical (unpaired) electrons. The Labute approximate surface area is 112 Å². The Bertz CT molecular complexity index is 549. The summed E-state index contributed by atoms with van der Waals surface area (Å²) in [5.74, 6) is 2.04. The van der Waals surface area contributed by atoms with Crippen LogP contribution in [0, 0.1) is 0 Å². The lowest BCUT2D eigenvalue weighted by atomic mass is 10.3. The molecule has 19 heavy (non-hydrogen) atoms. The molecule has 0 atom stereocenters. The first-order valence-corrected chi connectivity index (χ1v) is 6.21. The summed E-state index contributed by atoms with van der Waals surface area (Å²) in [7, 11) is 1.63. The van der Waals surface area contributed by atoms with Crippen LogP contribution in [-0.4, -0.2) is 16.9 Å². The Morgan fingerprint density at radius 3 is 2.68 bits per heavy atom. The summed E-state index contributed by atoms with van der Waals surface area (Å²) in [6.45, 7) is 4.54. The van der Waals surface area contributed by atoms with Crippen molar-refractivity contribution >= 4 is 5.82 Å².